The zero-order valence-corrected chi connectivity index (χ0v) is 19.7. The molecule has 0 unspecified atom stereocenters. The van der Waals surface area contributed by atoms with Crippen molar-refractivity contribution in [2.75, 3.05) is 9.62 Å². The van der Waals surface area contributed by atoms with Crippen molar-refractivity contribution in [3.05, 3.63) is 71.6 Å². The molecule has 0 spiro atoms. The lowest BCUT2D eigenvalue weighted by atomic mass is 9.93. The fourth-order valence-corrected chi connectivity index (χ4v) is 5.20. The number of hydrogen-bond donors (Lipinski definition) is 3. The van der Waals surface area contributed by atoms with Crippen molar-refractivity contribution in [1.82, 2.24) is 0 Å². The lowest BCUT2D eigenvalue weighted by Gasteiger charge is -2.28. The first kappa shape index (κ1) is 24.5. The van der Waals surface area contributed by atoms with E-state index >= 15 is 0 Å². The van der Waals surface area contributed by atoms with Gasteiger partial charge in [-0.2, -0.15) is 16.8 Å². The number of sulfonamides is 1. The summed E-state index contributed by atoms with van der Waals surface area (Å²) in [7, 11) is -13.7. The highest BCUT2D eigenvalue weighted by atomic mass is 32.2. The highest BCUT2D eigenvalue weighted by Crippen LogP contribution is 2.37. The minimum atomic E-state index is -4.87. The third-order valence-electron chi connectivity index (χ3n) is 5.04. The number of imide groups is 1. The molecule has 0 fully saturated rings. The van der Waals surface area contributed by atoms with Gasteiger partial charge in [0.2, 0.25) is 0 Å². The molecule has 0 aliphatic carbocycles. The summed E-state index contributed by atoms with van der Waals surface area (Å²) < 4.78 is 91.9. The van der Waals surface area contributed by atoms with Gasteiger partial charge in [-0.25, -0.2) is 13.3 Å². The van der Waals surface area contributed by atoms with Crippen molar-refractivity contribution in [1.29, 1.82) is 0 Å². The van der Waals surface area contributed by atoms with E-state index in [4.69, 9.17) is 0 Å². The quantitative estimate of drug-likeness (QED) is 0.309. The largest absolute Gasteiger partial charge is 0.294 e. The van der Waals surface area contributed by atoms with Gasteiger partial charge in [-0.3, -0.25) is 23.4 Å². The number of hydrogen-bond acceptors (Lipinski definition) is 8. The summed E-state index contributed by atoms with van der Waals surface area (Å²) in [5.74, 6) is -2.05. The lowest BCUT2D eigenvalue weighted by Crippen LogP contribution is -2.40. The van der Waals surface area contributed by atoms with Crippen LogP contribution < -0.4 is 9.62 Å². The minimum Gasteiger partial charge on any atom is -0.282 e. The van der Waals surface area contributed by atoms with E-state index in [2.05, 4.69) is 11.3 Å². The molecule has 0 bridgehead atoms. The number of benzene rings is 3. The molecule has 3 aromatic carbocycles. The van der Waals surface area contributed by atoms with Crippen LogP contribution in [-0.2, 0) is 30.3 Å². The Morgan fingerprint density at radius 3 is 1.77 bits per heavy atom. The number of rotatable bonds is 6. The van der Waals surface area contributed by atoms with Crippen molar-refractivity contribution >= 4 is 64.2 Å². The first-order valence-electron chi connectivity index (χ1n) is 9.33. The van der Waals surface area contributed by atoms with Crippen molar-refractivity contribution in [2.45, 2.75) is 9.79 Å². The van der Waals surface area contributed by atoms with Gasteiger partial charge in [0.1, 0.15) is 0 Å². The monoisotopic (exact) mass is 538 g/mol. The third-order valence-corrected chi connectivity index (χ3v) is 7.66. The van der Waals surface area contributed by atoms with Gasteiger partial charge in [0.05, 0.1) is 32.3 Å². The Bertz CT molecular complexity index is 1710. The molecule has 0 saturated heterocycles. The van der Waals surface area contributed by atoms with E-state index in [1.807, 2.05) is 0 Å². The molecule has 0 saturated carbocycles. The normalized spacial score (nSPS) is 14.3. The second-order valence-corrected chi connectivity index (χ2v) is 11.8. The number of nitrogens with zero attached hydrogens (tertiary/aromatic N) is 1. The first-order chi connectivity index (χ1) is 16.1. The molecule has 3 aromatic rings. The zero-order chi connectivity index (χ0) is 25.9. The van der Waals surface area contributed by atoms with Crippen molar-refractivity contribution in [2.24, 2.45) is 0 Å². The summed E-state index contributed by atoms with van der Waals surface area (Å²) in [5.41, 5.74) is -0.901. The number of anilines is 2. The molecular weight excluding hydrogens is 524 g/mol. The molecule has 15 heteroatoms. The number of carbonyl (C=O) groups excluding carboxylic acids is 2. The molecule has 0 radical (unpaired) electrons. The Balaban J connectivity index is 2.00. The zero-order valence-electron chi connectivity index (χ0n) is 17.2. The molecule has 1 aliphatic rings. The maximum absolute atomic E-state index is 13.3. The van der Waals surface area contributed by atoms with E-state index in [9.17, 15) is 43.9 Å². The SMILES string of the molecule is C=CS(=O)(=O)Nc1cccc(N2C(=O)c3cc(S(=O)(=O)O)cc4cc(S(=O)(=O)O)cc(c34)C2=O)c1. The van der Waals surface area contributed by atoms with Gasteiger partial charge in [0.25, 0.3) is 42.1 Å². The summed E-state index contributed by atoms with van der Waals surface area (Å²) in [5, 5.41) is 0.329. The van der Waals surface area contributed by atoms with Crippen molar-refractivity contribution in [3.8, 4) is 0 Å². The second kappa shape index (κ2) is 7.96. The Morgan fingerprint density at radius 2 is 1.31 bits per heavy atom. The van der Waals surface area contributed by atoms with Crippen molar-refractivity contribution in [3.63, 3.8) is 0 Å². The van der Waals surface area contributed by atoms with E-state index < -0.39 is 51.9 Å². The predicted molar refractivity (Wildman–Crippen MR) is 124 cm³/mol. The van der Waals surface area contributed by atoms with E-state index in [1.165, 1.54) is 18.2 Å². The summed E-state index contributed by atoms with van der Waals surface area (Å²) in [6.07, 6.45) is 0. The third kappa shape index (κ3) is 4.42. The van der Waals surface area contributed by atoms with Crippen LogP contribution in [0.25, 0.3) is 10.8 Å². The van der Waals surface area contributed by atoms with Gasteiger partial charge < -0.3 is 0 Å². The van der Waals surface area contributed by atoms with E-state index in [0.29, 0.717) is 10.3 Å². The standard InChI is InChI=1S/C20H14N2O10S3/c1-2-33(25,26)21-12-4-3-5-13(8-12)22-19(23)16-9-14(34(27,28)29)6-11-7-15(35(30,31)32)10-17(18(11)16)20(22)24/h2-10,21H,1H2,(H,27,28,29)(H,30,31,32). The summed E-state index contributed by atoms with van der Waals surface area (Å²) in [4.78, 5) is 25.7. The van der Waals surface area contributed by atoms with Crippen LogP contribution in [0.4, 0.5) is 11.4 Å². The molecule has 35 heavy (non-hydrogen) atoms. The second-order valence-electron chi connectivity index (χ2n) is 7.30. The van der Waals surface area contributed by atoms with Crippen LogP contribution in [0.3, 0.4) is 0 Å². The smallest absolute Gasteiger partial charge is 0.282 e. The fourth-order valence-electron chi connectivity index (χ4n) is 3.58. The first-order valence-corrected chi connectivity index (χ1v) is 13.8. The summed E-state index contributed by atoms with van der Waals surface area (Å²) in [6.45, 7) is 3.16. The van der Waals surface area contributed by atoms with E-state index in [1.54, 1.807) is 0 Å². The molecular formula is C20H14N2O10S3. The predicted octanol–water partition coefficient (Wildman–Crippen LogP) is 2.02. The van der Waals surface area contributed by atoms with Gasteiger partial charge >= 0.3 is 0 Å². The number of carbonyl (C=O) groups is 2. The number of amides is 2. The Labute approximate surface area is 199 Å². The average Bonchev–Trinajstić information content (AvgIpc) is 2.75. The molecule has 4 rings (SSSR count). The highest BCUT2D eigenvalue weighted by molar-refractivity contribution is 7.95. The fraction of sp³-hybridized carbons (Fsp3) is 0. The van der Waals surface area contributed by atoms with Gasteiger partial charge in [-0.1, -0.05) is 12.6 Å². The van der Waals surface area contributed by atoms with Gasteiger partial charge in [-0.05, 0) is 47.9 Å². The average molecular weight is 539 g/mol. The maximum Gasteiger partial charge on any atom is 0.294 e. The Hall–Kier alpha value is -3.63. The van der Waals surface area contributed by atoms with Crippen LogP contribution in [-0.4, -0.2) is 46.2 Å². The molecule has 1 aliphatic heterocycles. The van der Waals surface area contributed by atoms with Crippen LogP contribution >= 0.6 is 0 Å². The molecule has 3 N–H and O–H groups in total. The van der Waals surface area contributed by atoms with Crippen LogP contribution in [0.5, 0.6) is 0 Å². The number of nitrogens with one attached hydrogen (secondary N) is 1. The van der Waals surface area contributed by atoms with Crippen LogP contribution in [0.15, 0.2) is 70.3 Å². The van der Waals surface area contributed by atoms with E-state index in [0.717, 1.165) is 30.3 Å². The van der Waals surface area contributed by atoms with Gasteiger partial charge in [-0.15, -0.1) is 0 Å². The minimum absolute atomic E-state index is 0.0442. The lowest BCUT2D eigenvalue weighted by molar-refractivity contribution is 0.0893. The molecule has 182 valence electrons. The molecule has 2 amide bonds. The van der Waals surface area contributed by atoms with Crippen LogP contribution in [0.1, 0.15) is 20.7 Å². The molecule has 0 aromatic heterocycles. The molecule has 0 atom stereocenters. The summed E-state index contributed by atoms with van der Waals surface area (Å²) in [6, 6.07) is 8.42. The van der Waals surface area contributed by atoms with Gasteiger partial charge in [0.15, 0.2) is 0 Å². The van der Waals surface area contributed by atoms with Crippen LogP contribution in [0.2, 0.25) is 0 Å². The molecule has 12 nitrogen and oxygen atoms in total. The summed E-state index contributed by atoms with van der Waals surface area (Å²) >= 11 is 0. The maximum atomic E-state index is 13.3. The van der Waals surface area contributed by atoms with Gasteiger partial charge in [0, 0.05) is 10.8 Å². The van der Waals surface area contributed by atoms with Crippen molar-refractivity contribution < 1.29 is 43.9 Å². The Morgan fingerprint density at radius 1 is 0.800 bits per heavy atom. The highest BCUT2D eigenvalue weighted by Gasteiger charge is 2.36. The topological polar surface area (TPSA) is 192 Å². The van der Waals surface area contributed by atoms with E-state index in [-0.39, 0.29) is 33.3 Å². The molecule has 1 heterocycles. The Kier molecular flexibility index (Phi) is 5.57. The van der Waals surface area contributed by atoms with Crippen LogP contribution in [0, 0.1) is 0 Å².